The highest BCUT2D eigenvalue weighted by Gasteiger charge is 2.42. The first-order chi connectivity index (χ1) is 9.17. The molecule has 0 amide bonds. The third kappa shape index (κ3) is 2.58. The molecule has 0 radical (unpaired) electrons. The van der Waals surface area contributed by atoms with Crippen molar-refractivity contribution < 1.29 is 14.0 Å². The van der Waals surface area contributed by atoms with Crippen LogP contribution in [0.25, 0.3) is 6.08 Å². The fourth-order valence-electron chi connectivity index (χ4n) is 2.66. The first kappa shape index (κ1) is 15.0. The van der Waals surface area contributed by atoms with Crippen molar-refractivity contribution in [2.24, 2.45) is 0 Å². The summed E-state index contributed by atoms with van der Waals surface area (Å²) in [4.78, 5) is 12.4. The van der Waals surface area contributed by atoms with Crippen molar-refractivity contribution in [2.75, 3.05) is 7.11 Å². The molecule has 4 heteroatoms. The van der Waals surface area contributed by atoms with E-state index in [9.17, 15) is 4.79 Å². The van der Waals surface area contributed by atoms with Gasteiger partial charge in [-0.05, 0) is 62.8 Å². The van der Waals surface area contributed by atoms with Gasteiger partial charge in [0.15, 0.2) is 14.1 Å². The number of carbonyl (C=O) groups excluding carboxylic acids is 1. The first-order valence-corrected chi connectivity index (χ1v) is 10.2. The van der Waals surface area contributed by atoms with Crippen molar-refractivity contribution in [3.05, 3.63) is 34.9 Å². The van der Waals surface area contributed by atoms with Gasteiger partial charge in [0, 0.05) is 5.56 Å². The summed E-state index contributed by atoms with van der Waals surface area (Å²) in [7, 11) is -0.219. The van der Waals surface area contributed by atoms with Crippen LogP contribution >= 0.6 is 0 Å². The van der Waals surface area contributed by atoms with Gasteiger partial charge in [-0.2, -0.15) is 0 Å². The Morgan fingerprint density at radius 2 is 1.80 bits per heavy atom. The molecule has 20 heavy (non-hydrogen) atoms. The van der Waals surface area contributed by atoms with Gasteiger partial charge in [-0.15, -0.1) is 0 Å². The van der Waals surface area contributed by atoms with E-state index in [0.717, 1.165) is 22.4 Å². The van der Waals surface area contributed by atoms with E-state index in [-0.39, 0.29) is 5.78 Å². The minimum Gasteiger partial charge on any atom is -0.496 e. The molecule has 1 aliphatic rings. The van der Waals surface area contributed by atoms with Crippen LogP contribution in [0.1, 0.15) is 23.6 Å². The fourth-order valence-corrected chi connectivity index (χ4v) is 4.09. The molecule has 1 unspecified atom stereocenters. The Balaban J connectivity index is 2.62. The van der Waals surface area contributed by atoms with Crippen LogP contribution in [-0.2, 0) is 14.8 Å². The number of ketones is 1. The molecular formula is C16H22O3Si. The zero-order valence-corrected chi connectivity index (χ0v) is 14.0. The summed E-state index contributed by atoms with van der Waals surface area (Å²) >= 11 is 0. The Hall–Kier alpha value is -1.39. The lowest BCUT2D eigenvalue weighted by Gasteiger charge is -2.37. The number of hydrogen-bond donors (Lipinski definition) is 0. The molecule has 2 rings (SSSR count). The molecule has 0 heterocycles. The zero-order valence-electron chi connectivity index (χ0n) is 13.0. The molecular weight excluding hydrogens is 268 g/mol. The van der Waals surface area contributed by atoms with E-state index in [1.807, 2.05) is 32.1 Å². The second-order valence-corrected chi connectivity index (χ2v) is 10.8. The smallest absolute Gasteiger partial charge is 0.190 e. The van der Waals surface area contributed by atoms with E-state index in [1.165, 1.54) is 0 Å². The van der Waals surface area contributed by atoms with E-state index in [0.29, 0.717) is 0 Å². The van der Waals surface area contributed by atoms with Crippen LogP contribution in [0.4, 0.5) is 0 Å². The maximum Gasteiger partial charge on any atom is 0.190 e. The van der Waals surface area contributed by atoms with E-state index < -0.39 is 13.9 Å². The van der Waals surface area contributed by atoms with Gasteiger partial charge in [0.25, 0.3) is 0 Å². The highest BCUT2D eigenvalue weighted by molar-refractivity contribution is 6.70. The number of hydrogen-bond acceptors (Lipinski definition) is 3. The molecule has 0 spiro atoms. The lowest BCUT2D eigenvalue weighted by atomic mass is 9.82. The second-order valence-electron chi connectivity index (χ2n) is 6.35. The third-order valence-electron chi connectivity index (χ3n) is 3.48. The Morgan fingerprint density at radius 3 is 2.35 bits per heavy atom. The van der Waals surface area contributed by atoms with Gasteiger partial charge in [0.05, 0.1) is 7.11 Å². The van der Waals surface area contributed by atoms with Gasteiger partial charge < -0.3 is 9.16 Å². The minimum atomic E-state index is -1.86. The predicted octanol–water partition coefficient (Wildman–Crippen LogP) is 3.67. The monoisotopic (exact) mass is 290 g/mol. The predicted molar refractivity (Wildman–Crippen MR) is 83.6 cm³/mol. The van der Waals surface area contributed by atoms with E-state index in [1.54, 1.807) is 13.2 Å². The van der Waals surface area contributed by atoms with Crippen molar-refractivity contribution in [3.63, 3.8) is 0 Å². The van der Waals surface area contributed by atoms with Crippen molar-refractivity contribution in [3.8, 4) is 5.75 Å². The summed E-state index contributed by atoms with van der Waals surface area (Å²) in [6, 6.07) is 3.98. The summed E-state index contributed by atoms with van der Waals surface area (Å²) in [6.07, 6.45) is 3.48. The van der Waals surface area contributed by atoms with Crippen LogP contribution in [0.3, 0.4) is 0 Å². The molecule has 1 aliphatic carbocycles. The summed E-state index contributed by atoms with van der Waals surface area (Å²) < 4.78 is 11.6. The number of rotatable bonds is 3. The quantitative estimate of drug-likeness (QED) is 0.797. The van der Waals surface area contributed by atoms with Gasteiger partial charge in [0.1, 0.15) is 11.4 Å². The summed E-state index contributed by atoms with van der Waals surface area (Å²) in [5.74, 6) is 0.788. The van der Waals surface area contributed by atoms with Crippen molar-refractivity contribution >= 4 is 20.2 Å². The highest BCUT2D eigenvalue weighted by Crippen LogP contribution is 2.39. The van der Waals surface area contributed by atoms with Crippen LogP contribution in [0, 0.1) is 6.92 Å². The lowest BCUT2D eigenvalue weighted by Crippen LogP contribution is -2.45. The van der Waals surface area contributed by atoms with E-state index in [4.69, 9.17) is 9.16 Å². The summed E-state index contributed by atoms with van der Waals surface area (Å²) in [6.45, 7) is 10.1. The maximum atomic E-state index is 12.4. The fraction of sp³-hybridized carbons (Fsp3) is 0.438. The lowest BCUT2D eigenvalue weighted by molar-refractivity contribution is -0.129. The molecule has 0 aliphatic heterocycles. The number of ether oxygens (including phenoxy) is 1. The average molecular weight is 290 g/mol. The van der Waals surface area contributed by atoms with E-state index >= 15 is 0 Å². The number of methoxy groups -OCH3 is 1. The summed E-state index contributed by atoms with van der Waals surface area (Å²) in [5.41, 5.74) is 2.08. The molecule has 0 saturated heterocycles. The Labute approximate surface area is 121 Å². The van der Waals surface area contributed by atoms with Crippen molar-refractivity contribution in [2.45, 2.75) is 39.1 Å². The zero-order chi connectivity index (χ0) is 15.1. The van der Waals surface area contributed by atoms with Gasteiger partial charge in [0.2, 0.25) is 0 Å². The molecule has 1 aromatic carbocycles. The van der Waals surface area contributed by atoms with Crippen molar-refractivity contribution in [1.29, 1.82) is 0 Å². The average Bonchev–Trinajstić information content (AvgIpc) is 2.32. The first-order valence-electron chi connectivity index (χ1n) is 6.79. The summed E-state index contributed by atoms with van der Waals surface area (Å²) in [5, 5.41) is 0. The van der Waals surface area contributed by atoms with Gasteiger partial charge >= 0.3 is 0 Å². The van der Waals surface area contributed by atoms with Crippen molar-refractivity contribution in [1.82, 2.24) is 0 Å². The van der Waals surface area contributed by atoms with Gasteiger partial charge in [-0.3, -0.25) is 4.79 Å². The van der Waals surface area contributed by atoms with Crippen LogP contribution in [0.15, 0.2) is 18.2 Å². The molecule has 0 fully saturated rings. The molecule has 1 atom stereocenters. The van der Waals surface area contributed by atoms with Crippen LogP contribution < -0.4 is 4.74 Å². The highest BCUT2D eigenvalue weighted by atomic mass is 28.4. The Morgan fingerprint density at radius 1 is 1.15 bits per heavy atom. The molecule has 3 nitrogen and oxygen atoms in total. The van der Waals surface area contributed by atoms with Crippen LogP contribution in [0.2, 0.25) is 19.6 Å². The number of carbonyl (C=O) groups is 1. The molecule has 108 valence electrons. The maximum absolute atomic E-state index is 12.4. The number of benzene rings is 1. The van der Waals surface area contributed by atoms with E-state index in [2.05, 4.69) is 19.6 Å². The van der Waals surface area contributed by atoms with Gasteiger partial charge in [-0.25, -0.2) is 0 Å². The SMILES string of the molecule is COc1cc2c(cc1C)C=CC(=O)C2(C)O[Si](C)(C)C. The molecule has 0 bridgehead atoms. The second kappa shape index (κ2) is 4.86. The number of fused-ring (bicyclic) bond motifs is 1. The van der Waals surface area contributed by atoms with Gasteiger partial charge in [-0.1, -0.05) is 6.08 Å². The molecule has 0 aromatic heterocycles. The minimum absolute atomic E-state index is 0.00155. The standard InChI is InChI=1S/C16H22O3Si/c1-11-9-12-7-8-15(17)16(2,19-20(4,5)6)13(12)10-14(11)18-3/h7-10H,1-6H3. The third-order valence-corrected chi connectivity index (χ3v) is 4.50. The largest absolute Gasteiger partial charge is 0.496 e. The van der Waals surface area contributed by atoms with Crippen LogP contribution in [0.5, 0.6) is 5.75 Å². The Kier molecular flexibility index (Phi) is 3.65. The topological polar surface area (TPSA) is 35.5 Å². The van der Waals surface area contributed by atoms with Crippen LogP contribution in [-0.4, -0.2) is 21.2 Å². The normalized spacial score (nSPS) is 21.8. The molecule has 0 saturated carbocycles. The number of aryl methyl sites for hydroxylation is 1. The molecule has 1 aromatic rings. The Bertz CT molecular complexity index is 584. The molecule has 0 N–H and O–H groups in total.